The van der Waals surface area contributed by atoms with Crippen LogP contribution in [0, 0.1) is 11.3 Å². The van der Waals surface area contributed by atoms with Crippen molar-refractivity contribution in [3.63, 3.8) is 0 Å². The molecule has 0 radical (unpaired) electrons. The van der Waals surface area contributed by atoms with Crippen molar-refractivity contribution in [2.24, 2.45) is 0 Å². The Labute approximate surface area is 114 Å². The van der Waals surface area contributed by atoms with E-state index in [4.69, 9.17) is 5.26 Å². The Kier molecular flexibility index (Phi) is 5.29. The van der Waals surface area contributed by atoms with Gasteiger partial charge in [0.1, 0.15) is 6.04 Å². The van der Waals surface area contributed by atoms with Gasteiger partial charge in [0.2, 0.25) is 5.91 Å². The number of hydrogen-bond acceptors (Lipinski definition) is 4. The van der Waals surface area contributed by atoms with E-state index in [1.54, 1.807) is 14.1 Å². The van der Waals surface area contributed by atoms with E-state index in [9.17, 15) is 13.2 Å². The first-order valence-corrected chi connectivity index (χ1v) is 7.53. The number of hydrogen-bond donors (Lipinski definition) is 0. The molecule has 1 aliphatic heterocycles. The molecule has 1 rings (SSSR count). The summed E-state index contributed by atoms with van der Waals surface area (Å²) in [5, 5.41) is 8.51. The second kappa shape index (κ2) is 6.32. The maximum atomic E-state index is 12.3. The molecule has 1 saturated heterocycles. The summed E-state index contributed by atoms with van der Waals surface area (Å²) in [5.74, 6) is -0.199. The molecule has 1 amide bonds. The number of likely N-dealkylation sites (N-methyl/N-ethyl adjacent to an activating group) is 1. The van der Waals surface area contributed by atoms with Crippen molar-refractivity contribution < 1.29 is 13.2 Å². The Morgan fingerprint density at radius 1 is 1.42 bits per heavy atom. The van der Waals surface area contributed by atoms with Crippen LogP contribution in [0.3, 0.4) is 0 Å². The summed E-state index contributed by atoms with van der Waals surface area (Å²) in [6.07, 6.45) is 1.35. The SMILES string of the molecule is CN(C)C(=O)C1CCCN1S(=O)(=O)N(C)CCC#N. The van der Waals surface area contributed by atoms with Gasteiger partial charge in [-0.25, -0.2) is 0 Å². The highest BCUT2D eigenvalue weighted by Crippen LogP contribution is 2.23. The quantitative estimate of drug-likeness (QED) is 0.691. The van der Waals surface area contributed by atoms with E-state index < -0.39 is 16.3 Å². The minimum absolute atomic E-state index is 0.135. The Morgan fingerprint density at radius 2 is 2.05 bits per heavy atom. The number of rotatable bonds is 5. The van der Waals surface area contributed by atoms with Gasteiger partial charge < -0.3 is 4.90 Å². The topological polar surface area (TPSA) is 84.7 Å². The molecule has 0 aliphatic carbocycles. The molecule has 0 bridgehead atoms. The molecule has 1 fully saturated rings. The third kappa shape index (κ3) is 3.43. The summed E-state index contributed by atoms with van der Waals surface area (Å²) >= 11 is 0. The standard InChI is InChI=1S/C11H20N4O3S/c1-13(2)11(16)10-6-4-9-15(10)19(17,18)14(3)8-5-7-12/h10H,4-6,8-9H2,1-3H3. The first kappa shape index (κ1) is 15.9. The summed E-state index contributed by atoms with van der Waals surface area (Å²) in [4.78, 5) is 13.4. The van der Waals surface area contributed by atoms with Crippen molar-refractivity contribution in [1.29, 1.82) is 5.26 Å². The van der Waals surface area contributed by atoms with Gasteiger partial charge in [0, 0.05) is 40.7 Å². The number of nitriles is 1. The van der Waals surface area contributed by atoms with Gasteiger partial charge in [-0.3, -0.25) is 4.79 Å². The maximum absolute atomic E-state index is 12.3. The van der Waals surface area contributed by atoms with Crippen molar-refractivity contribution in [2.75, 3.05) is 34.2 Å². The van der Waals surface area contributed by atoms with Crippen LogP contribution in [-0.2, 0) is 15.0 Å². The van der Waals surface area contributed by atoms with E-state index in [1.165, 1.54) is 16.3 Å². The lowest BCUT2D eigenvalue weighted by molar-refractivity contribution is -0.132. The number of carbonyl (C=O) groups is 1. The lowest BCUT2D eigenvalue weighted by Gasteiger charge is -2.29. The van der Waals surface area contributed by atoms with Crippen molar-refractivity contribution in [2.45, 2.75) is 25.3 Å². The Bertz CT molecular complexity index is 469. The Balaban J connectivity index is 2.88. The highest BCUT2D eigenvalue weighted by molar-refractivity contribution is 7.86. The van der Waals surface area contributed by atoms with Crippen LogP contribution >= 0.6 is 0 Å². The number of amides is 1. The van der Waals surface area contributed by atoms with Crippen LogP contribution in [0.15, 0.2) is 0 Å². The van der Waals surface area contributed by atoms with E-state index in [1.807, 2.05) is 6.07 Å². The minimum atomic E-state index is -3.67. The highest BCUT2D eigenvalue weighted by atomic mass is 32.2. The van der Waals surface area contributed by atoms with Gasteiger partial charge in [0.05, 0.1) is 6.07 Å². The second-order valence-electron chi connectivity index (χ2n) is 4.74. The monoisotopic (exact) mass is 288 g/mol. The molecule has 8 heteroatoms. The van der Waals surface area contributed by atoms with Crippen molar-refractivity contribution in [3.05, 3.63) is 0 Å². The van der Waals surface area contributed by atoms with Gasteiger partial charge in [-0.15, -0.1) is 0 Å². The number of carbonyl (C=O) groups excluding carboxylic acids is 1. The fraction of sp³-hybridized carbons (Fsp3) is 0.818. The Morgan fingerprint density at radius 3 is 2.58 bits per heavy atom. The summed E-state index contributed by atoms with van der Waals surface area (Å²) in [7, 11) is 0.994. The van der Waals surface area contributed by atoms with Gasteiger partial charge in [-0.1, -0.05) is 0 Å². The summed E-state index contributed by atoms with van der Waals surface area (Å²) in [6, 6.07) is 1.29. The molecular formula is C11H20N4O3S. The van der Waals surface area contributed by atoms with Gasteiger partial charge in [0.15, 0.2) is 0 Å². The molecule has 1 atom stereocenters. The van der Waals surface area contributed by atoms with Crippen LogP contribution < -0.4 is 0 Å². The largest absolute Gasteiger partial charge is 0.347 e. The van der Waals surface area contributed by atoms with Crippen LogP contribution in [0.25, 0.3) is 0 Å². The first-order valence-electron chi connectivity index (χ1n) is 6.13. The molecule has 0 spiro atoms. The third-order valence-electron chi connectivity index (χ3n) is 3.16. The van der Waals surface area contributed by atoms with E-state index in [0.717, 1.165) is 4.31 Å². The zero-order chi connectivity index (χ0) is 14.6. The number of nitrogens with zero attached hydrogens (tertiary/aromatic N) is 4. The van der Waals surface area contributed by atoms with E-state index >= 15 is 0 Å². The predicted molar refractivity (Wildman–Crippen MR) is 70.2 cm³/mol. The van der Waals surface area contributed by atoms with Gasteiger partial charge in [0.25, 0.3) is 10.2 Å². The summed E-state index contributed by atoms with van der Waals surface area (Å²) in [6.45, 7) is 0.488. The molecule has 0 aromatic heterocycles. The van der Waals surface area contributed by atoms with Crippen LogP contribution in [0.4, 0.5) is 0 Å². The molecule has 7 nitrogen and oxygen atoms in total. The molecule has 0 saturated carbocycles. The van der Waals surface area contributed by atoms with Crippen molar-refractivity contribution in [1.82, 2.24) is 13.5 Å². The molecular weight excluding hydrogens is 268 g/mol. The average molecular weight is 288 g/mol. The van der Waals surface area contributed by atoms with E-state index in [2.05, 4.69) is 0 Å². The van der Waals surface area contributed by atoms with Crippen LogP contribution in [0.2, 0.25) is 0 Å². The fourth-order valence-corrected chi connectivity index (χ4v) is 3.62. The minimum Gasteiger partial charge on any atom is -0.347 e. The van der Waals surface area contributed by atoms with Gasteiger partial charge in [-0.05, 0) is 12.8 Å². The smallest absolute Gasteiger partial charge is 0.282 e. The van der Waals surface area contributed by atoms with Crippen LogP contribution in [-0.4, -0.2) is 68.1 Å². The van der Waals surface area contributed by atoms with E-state index in [-0.39, 0.29) is 18.9 Å². The maximum Gasteiger partial charge on any atom is 0.282 e. The molecule has 0 aromatic carbocycles. The van der Waals surface area contributed by atoms with Crippen LogP contribution in [0.5, 0.6) is 0 Å². The second-order valence-corrected chi connectivity index (χ2v) is 6.73. The fourth-order valence-electron chi connectivity index (χ4n) is 2.06. The van der Waals surface area contributed by atoms with Crippen LogP contribution in [0.1, 0.15) is 19.3 Å². The van der Waals surface area contributed by atoms with Crippen molar-refractivity contribution in [3.8, 4) is 6.07 Å². The first-order chi connectivity index (χ1) is 8.82. The molecule has 108 valence electrons. The van der Waals surface area contributed by atoms with E-state index in [0.29, 0.717) is 19.4 Å². The highest BCUT2D eigenvalue weighted by Gasteiger charge is 2.40. The lowest BCUT2D eigenvalue weighted by Crippen LogP contribution is -2.50. The van der Waals surface area contributed by atoms with Gasteiger partial charge in [-0.2, -0.15) is 22.3 Å². The Hall–Kier alpha value is -1.17. The van der Waals surface area contributed by atoms with Gasteiger partial charge >= 0.3 is 0 Å². The normalized spacial score (nSPS) is 20.5. The molecule has 0 N–H and O–H groups in total. The van der Waals surface area contributed by atoms with Crippen molar-refractivity contribution >= 4 is 16.1 Å². The predicted octanol–water partition coefficient (Wildman–Crippen LogP) is -0.371. The average Bonchev–Trinajstić information content (AvgIpc) is 2.84. The summed E-state index contributed by atoms with van der Waals surface area (Å²) in [5.41, 5.74) is 0. The molecule has 1 aliphatic rings. The molecule has 0 aromatic rings. The summed E-state index contributed by atoms with van der Waals surface area (Å²) < 4.78 is 27.1. The lowest BCUT2D eigenvalue weighted by atomic mass is 10.2. The third-order valence-corrected chi connectivity index (χ3v) is 5.16. The molecule has 19 heavy (non-hydrogen) atoms. The molecule has 1 heterocycles. The molecule has 1 unspecified atom stereocenters. The zero-order valence-electron chi connectivity index (χ0n) is 11.5. The zero-order valence-corrected chi connectivity index (χ0v) is 12.4.